The van der Waals surface area contributed by atoms with E-state index in [0.29, 0.717) is 16.3 Å². The van der Waals surface area contributed by atoms with Crippen LogP contribution in [0.1, 0.15) is 43.4 Å². The molecule has 0 bridgehead atoms. The highest BCUT2D eigenvalue weighted by molar-refractivity contribution is 6.30. The number of hydrogen-bond acceptors (Lipinski definition) is 3. The van der Waals surface area contributed by atoms with Crippen LogP contribution in [-0.4, -0.2) is 17.6 Å². The summed E-state index contributed by atoms with van der Waals surface area (Å²) in [7, 11) is 0. The van der Waals surface area contributed by atoms with Crippen LogP contribution in [-0.2, 0) is 11.2 Å². The molecule has 0 saturated heterocycles. The Balaban J connectivity index is 1.77. The van der Waals surface area contributed by atoms with E-state index in [1.165, 1.54) is 0 Å². The highest BCUT2D eigenvalue weighted by atomic mass is 35.5. The third-order valence-electron chi connectivity index (χ3n) is 5.44. The maximum absolute atomic E-state index is 13.1. The van der Waals surface area contributed by atoms with Gasteiger partial charge in [-0.2, -0.15) is 5.26 Å². The molecule has 164 valence electrons. The van der Waals surface area contributed by atoms with Crippen molar-refractivity contribution >= 4 is 17.5 Å². The Morgan fingerprint density at radius 1 is 1.06 bits per heavy atom. The maximum Gasteiger partial charge on any atom is 0.263 e. The molecule has 3 rings (SSSR count). The Morgan fingerprint density at radius 2 is 1.75 bits per heavy atom. The monoisotopic (exact) mass is 446 g/mol. The van der Waals surface area contributed by atoms with E-state index in [-0.39, 0.29) is 17.9 Å². The molecule has 0 heterocycles. The first-order valence-electron chi connectivity index (χ1n) is 10.6. The Bertz CT molecular complexity index is 1090. The third-order valence-corrected chi connectivity index (χ3v) is 5.68. The second-order valence-electron chi connectivity index (χ2n) is 8.36. The van der Waals surface area contributed by atoms with E-state index in [0.717, 1.165) is 17.5 Å². The van der Waals surface area contributed by atoms with E-state index >= 15 is 0 Å². The smallest absolute Gasteiger partial charge is 0.263 e. The number of amides is 1. The quantitative estimate of drug-likeness (QED) is 0.468. The van der Waals surface area contributed by atoms with Gasteiger partial charge in [0.2, 0.25) is 0 Å². The van der Waals surface area contributed by atoms with Crippen LogP contribution in [0.2, 0.25) is 5.02 Å². The van der Waals surface area contributed by atoms with Crippen molar-refractivity contribution in [1.82, 2.24) is 5.32 Å². The normalized spacial score (nSPS) is 13.0. The highest BCUT2D eigenvalue weighted by Gasteiger charge is 2.33. The lowest BCUT2D eigenvalue weighted by Crippen LogP contribution is -2.51. The van der Waals surface area contributed by atoms with Gasteiger partial charge in [0.15, 0.2) is 5.60 Å². The molecule has 0 saturated carbocycles. The van der Waals surface area contributed by atoms with Gasteiger partial charge in [0.1, 0.15) is 5.75 Å². The minimum Gasteiger partial charge on any atom is -0.478 e. The van der Waals surface area contributed by atoms with E-state index in [1.54, 1.807) is 38.1 Å². The van der Waals surface area contributed by atoms with Crippen molar-refractivity contribution in [2.24, 2.45) is 0 Å². The number of carbonyl (C=O) groups is 1. The Labute approximate surface area is 194 Å². The van der Waals surface area contributed by atoms with Crippen LogP contribution in [0.25, 0.3) is 0 Å². The number of halogens is 1. The van der Waals surface area contributed by atoms with Crippen LogP contribution < -0.4 is 10.1 Å². The first-order valence-corrected chi connectivity index (χ1v) is 11.0. The van der Waals surface area contributed by atoms with Crippen molar-refractivity contribution in [3.05, 3.63) is 101 Å². The zero-order valence-corrected chi connectivity index (χ0v) is 19.3. The van der Waals surface area contributed by atoms with Gasteiger partial charge in [-0.3, -0.25) is 4.79 Å². The van der Waals surface area contributed by atoms with Crippen LogP contribution in [0.15, 0.2) is 78.9 Å². The van der Waals surface area contributed by atoms with Gasteiger partial charge < -0.3 is 10.1 Å². The van der Waals surface area contributed by atoms with E-state index in [2.05, 4.69) is 23.5 Å². The van der Waals surface area contributed by atoms with Crippen molar-refractivity contribution in [3.8, 4) is 11.8 Å². The number of ether oxygens (including phenoxy) is 1. The fourth-order valence-electron chi connectivity index (χ4n) is 3.61. The minimum atomic E-state index is -1.07. The summed E-state index contributed by atoms with van der Waals surface area (Å²) < 4.78 is 5.95. The summed E-state index contributed by atoms with van der Waals surface area (Å²) >= 11 is 6.04. The van der Waals surface area contributed by atoms with Crippen LogP contribution in [0, 0.1) is 11.3 Å². The van der Waals surface area contributed by atoms with Crippen LogP contribution in [0.4, 0.5) is 0 Å². The van der Waals surface area contributed by atoms with Gasteiger partial charge in [-0.1, -0.05) is 60.1 Å². The van der Waals surface area contributed by atoms with E-state index in [9.17, 15) is 4.79 Å². The zero-order valence-electron chi connectivity index (χ0n) is 18.5. The van der Waals surface area contributed by atoms with Gasteiger partial charge in [0.25, 0.3) is 5.91 Å². The van der Waals surface area contributed by atoms with E-state index in [1.807, 2.05) is 49.4 Å². The summed E-state index contributed by atoms with van der Waals surface area (Å²) in [6.07, 6.45) is 0.729. The van der Waals surface area contributed by atoms with Crippen molar-refractivity contribution in [1.29, 1.82) is 5.26 Å². The Morgan fingerprint density at radius 3 is 2.38 bits per heavy atom. The van der Waals surface area contributed by atoms with Crippen molar-refractivity contribution in [2.45, 2.75) is 44.8 Å². The van der Waals surface area contributed by atoms with Gasteiger partial charge in [0.05, 0.1) is 11.6 Å². The number of benzene rings is 3. The molecule has 0 spiro atoms. The van der Waals surface area contributed by atoms with Gasteiger partial charge in [0, 0.05) is 17.0 Å². The molecule has 5 heteroatoms. The number of rotatable bonds is 8. The molecule has 32 heavy (non-hydrogen) atoms. The van der Waals surface area contributed by atoms with Crippen LogP contribution in [0.3, 0.4) is 0 Å². The fraction of sp³-hybridized carbons (Fsp3) is 0.259. The number of nitrogens with one attached hydrogen (secondary N) is 1. The second kappa shape index (κ2) is 10.3. The third kappa shape index (κ3) is 6.12. The molecule has 0 aliphatic heterocycles. The number of nitriles is 1. The molecule has 0 fully saturated rings. The molecule has 1 N–H and O–H groups in total. The molecule has 3 aromatic carbocycles. The SMILES string of the molecule is CC(NC(=O)C(C)(C)Oc1cccc(Cl)c1)C(Cc1ccc(C#N)cc1)c1ccccc1. The highest BCUT2D eigenvalue weighted by Crippen LogP contribution is 2.27. The number of nitrogens with zero attached hydrogens (tertiary/aromatic N) is 1. The summed E-state index contributed by atoms with van der Waals surface area (Å²) in [5, 5.41) is 12.8. The molecule has 2 unspecified atom stereocenters. The van der Waals surface area contributed by atoms with E-state index in [4.69, 9.17) is 21.6 Å². The molecule has 0 aromatic heterocycles. The molecule has 0 radical (unpaired) electrons. The molecule has 0 aliphatic carbocycles. The van der Waals surface area contributed by atoms with Gasteiger partial charge in [-0.15, -0.1) is 0 Å². The topological polar surface area (TPSA) is 62.1 Å². The Hall–Kier alpha value is -3.29. The molecule has 2 atom stereocenters. The predicted molar refractivity (Wildman–Crippen MR) is 128 cm³/mol. The number of hydrogen-bond donors (Lipinski definition) is 1. The largest absolute Gasteiger partial charge is 0.478 e. The van der Waals surface area contributed by atoms with E-state index < -0.39 is 5.60 Å². The lowest BCUT2D eigenvalue weighted by Gasteiger charge is -2.31. The zero-order chi connectivity index (χ0) is 23.1. The van der Waals surface area contributed by atoms with Gasteiger partial charge >= 0.3 is 0 Å². The Kier molecular flexibility index (Phi) is 7.56. The first-order chi connectivity index (χ1) is 15.3. The molecule has 4 nitrogen and oxygen atoms in total. The molecular weight excluding hydrogens is 420 g/mol. The summed E-state index contributed by atoms with van der Waals surface area (Å²) in [6, 6.07) is 26.7. The van der Waals surface area contributed by atoms with Crippen molar-refractivity contribution in [2.75, 3.05) is 0 Å². The van der Waals surface area contributed by atoms with Crippen LogP contribution in [0.5, 0.6) is 5.75 Å². The fourth-order valence-corrected chi connectivity index (χ4v) is 3.79. The van der Waals surface area contributed by atoms with Gasteiger partial charge in [-0.25, -0.2) is 0 Å². The molecule has 3 aromatic rings. The van der Waals surface area contributed by atoms with Gasteiger partial charge in [-0.05, 0) is 68.7 Å². The second-order valence-corrected chi connectivity index (χ2v) is 8.80. The lowest BCUT2D eigenvalue weighted by molar-refractivity contribution is -0.135. The molecule has 0 aliphatic rings. The number of carbonyl (C=O) groups excluding carboxylic acids is 1. The van der Waals surface area contributed by atoms with Crippen LogP contribution >= 0.6 is 11.6 Å². The summed E-state index contributed by atoms with van der Waals surface area (Å²) in [5.74, 6) is 0.392. The lowest BCUT2D eigenvalue weighted by atomic mass is 9.86. The maximum atomic E-state index is 13.1. The predicted octanol–water partition coefficient (Wildman–Crippen LogP) is 5.90. The standard InChI is InChI=1S/C27H27ClN2O2/c1-19(30-26(31)27(2,3)32-24-11-7-10-23(28)17-24)25(22-8-5-4-6-9-22)16-20-12-14-21(18-29)15-13-20/h4-15,17,19,25H,16H2,1-3H3,(H,30,31). The average Bonchev–Trinajstić information content (AvgIpc) is 2.78. The first kappa shape index (κ1) is 23.4. The van der Waals surface area contributed by atoms with Crippen molar-refractivity contribution < 1.29 is 9.53 Å². The minimum absolute atomic E-state index is 0.0510. The summed E-state index contributed by atoms with van der Waals surface area (Å²) in [4.78, 5) is 13.1. The van der Waals surface area contributed by atoms with Crippen molar-refractivity contribution in [3.63, 3.8) is 0 Å². The summed E-state index contributed by atoms with van der Waals surface area (Å²) in [6.45, 7) is 5.50. The molecule has 1 amide bonds. The summed E-state index contributed by atoms with van der Waals surface area (Å²) in [5.41, 5.74) is 1.80. The average molecular weight is 447 g/mol. The molecular formula is C27H27ClN2O2.